The number of carbonyl (C=O) groups is 2. The highest BCUT2D eigenvalue weighted by atomic mass is 16.5. The number of ether oxygens (including phenoxy) is 1. The van der Waals surface area contributed by atoms with Gasteiger partial charge in [0.1, 0.15) is 5.75 Å². The largest absolute Gasteiger partial charge is 0.496 e. The Labute approximate surface area is 108 Å². The predicted octanol–water partition coefficient (Wildman–Crippen LogP) is 2.59. The highest BCUT2D eigenvalue weighted by Crippen LogP contribution is 2.21. The van der Waals surface area contributed by atoms with E-state index in [0.29, 0.717) is 5.75 Å². The van der Waals surface area contributed by atoms with Crippen molar-refractivity contribution in [1.82, 2.24) is 0 Å². The molecule has 0 saturated heterocycles. The van der Waals surface area contributed by atoms with Crippen LogP contribution in [0.2, 0.25) is 0 Å². The molecule has 3 nitrogen and oxygen atoms in total. The fourth-order valence-electron chi connectivity index (χ4n) is 1.77. The molecule has 1 rings (SSSR count). The Morgan fingerprint density at radius 2 is 1.94 bits per heavy atom. The van der Waals surface area contributed by atoms with Gasteiger partial charge in [0.05, 0.1) is 7.11 Å². The van der Waals surface area contributed by atoms with E-state index in [0.717, 1.165) is 17.5 Å². The third kappa shape index (κ3) is 3.42. The number of hydrogen-bond donors (Lipinski definition) is 0. The van der Waals surface area contributed by atoms with Crippen LogP contribution in [0.3, 0.4) is 0 Å². The third-order valence-electron chi connectivity index (χ3n) is 2.90. The van der Waals surface area contributed by atoms with Gasteiger partial charge in [0.25, 0.3) is 0 Å². The van der Waals surface area contributed by atoms with Gasteiger partial charge < -0.3 is 4.74 Å². The summed E-state index contributed by atoms with van der Waals surface area (Å²) in [5, 5.41) is 0. The molecule has 0 bridgehead atoms. The minimum absolute atomic E-state index is 0.119. The highest BCUT2D eigenvalue weighted by molar-refractivity contribution is 6.38. The maximum atomic E-state index is 11.8. The van der Waals surface area contributed by atoms with E-state index in [-0.39, 0.29) is 23.9 Å². The molecular weight excluding hydrogens is 228 g/mol. The number of benzene rings is 1. The molecule has 0 aromatic heterocycles. The molecule has 98 valence electrons. The van der Waals surface area contributed by atoms with E-state index in [1.165, 1.54) is 0 Å². The first-order valence-electron chi connectivity index (χ1n) is 6.22. The van der Waals surface area contributed by atoms with Crippen LogP contribution in [0.1, 0.15) is 31.9 Å². The van der Waals surface area contributed by atoms with Crippen LogP contribution in [0.15, 0.2) is 18.2 Å². The van der Waals surface area contributed by atoms with Crippen LogP contribution in [0.25, 0.3) is 0 Å². The summed E-state index contributed by atoms with van der Waals surface area (Å²) in [6, 6.07) is 5.75. The molecule has 18 heavy (non-hydrogen) atoms. The van der Waals surface area contributed by atoms with Gasteiger partial charge in [0.15, 0.2) is 0 Å². The Balaban J connectivity index is 2.95. The molecule has 0 heterocycles. The number of hydrogen-bond acceptors (Lipinski definition) is 3. The summed E-state index contributed by atoms with van der Waals surface area (Å²) in [5.41, 5.74) is 1.92. The molecule has 1 aromatic rings. The predicted molar refractivity (Wildman–Crippen MR) is 70.9 cm³/mol. The van der Waals surface area contributed by atoms with Crippen LogP contribution in [0.5, 0.6) is 5.75 Å². The molecule has 0 fully saturated rings. The lowest BCUT2D eigenvalue weighted by atomic mass is 9.97. The van der Waals surface area contributed by atoms with Crippen molar-refractivity contribution in [2.24, 2.45) is 5.92 Å². The van der Waals surface area contributed by atoms with Crippen LogP contribution in [-0.4, -0.2) is 18.7 Å². The lowest BCUT2D eigenvalue weighted by Crippen LogP contribution is -2.21. The zero-order chi connectivity index (χ0) is 13.7. The fourth-order valence-corrected chi connectivity index (χ4v) is 1.77. The van der Waals surface area contributed by atoms with E-state index >= 15 is 0 Å². The van der Waals surface area contributed by atoms with Gasteiger partial charge in [-0.2, -0.15) is 0 Å². The molecule has 3 heteroatoms. The van der Waals surface area contributed by atoms with Crippen LogP contribution in [0.4, 0.5) is 0 Å². The normalized spacial score (nSPS) is 10.5. The number of carbonyl (C=O) groups excluding carboxylic acids is 2. The van der Waals surface area contributed by atoms with Crippen molar-refractivity contribution in [1.29, 1.82) is 0 Å². The van der Waals surface area contributed by atoms with Crippen molar-refractivity contribution in [2.45, 2.75) is 33.6 Å². The summed E-state index contributed by atoms with van der Waals surface area (Å²) < 4.78 is 5.22. The maximum Gasteiger partial charge on any atom is 0.203 e. The van der Waals surface area contributed by atoms with Crippen molar-refractivity contribution in [3.05, 3.63) is 29.3 Å². The van der Waals surface area contributed by atoms with Crippen molar-refractivity contribution in [3.63, 3.8) is 0 Å². The Morgan fingerprint density at radius 1 is 1.28 bits per heavy atom. The first-order valence-corrected chi connectivity index (χ1v) is 6.22. The summed E-state index contributed by atoms with van der Waals surface area (Å²) in [6.45, 7) is 5.52. The Hall–Kier alpha value is -1.64. The zero-order valence-corrected chi connectivity index (χ0v) is 11.4. The molecule has 0 aliphatic heterocycles. The number of ketones is 2. The van der Waals surface area contributed by atoms with Crippen molar-refractivity contribution < 1.29 is 14.3 Å². The average Bonchev–Trinajstić information content (AvgIpc) is 2.37. The number of Topliss-reactive ketones (excluding diaryl/α,β-unsaturated/α-hetero) is 2. The number of rotatable bonds is 6. The van der Waals surface area contributed by atoms with Gasteiger partial charge in [0, 0.05) is 17.9 Å². The summed E-state index contributed by atoms with van der Waals surface area (Å²) in [5.74, 6) is -0.259. The Bertz CT molecular complexity index is 447. The lowest BCUT2D eigenvalue weighted by molar-refractivity contribution is -0.138. The van der Waals surface area contributed by atoms with E-state index < -0.39 is 0 Å². The molecule has 0 amide bonds. The van der Waals surface area contributed by atoms with Gasteiger partial charge in [0.2, 0.25) is 11.6 Å². The second-order valence-electron chi connectivity index (χ2n) is 4.62. The Kier molecular flexibility index (Phi) is 5.08. The first kappa shape index (κ1) is 14.4. The van der Waals surface area contributed by atoms with Crippen LogP contribution >= 0.6 is 0 Å². The van der Waals surface area contributed by atoms with E-state index in [2.05, 4.69) is 0 Å². The van der Waals surface area contributed by atoms with Crippen molar-refractivity contribution in [3.8, 4) is 5.75 Å². The zero-order valence-electron chi connectivity index (χ0n) is 11.4. The maximum absolute atomic E-state index is 11.8. The van der Waals surface area contributed by atoms with Gasteiger partial charge >= 0.3 is 0 Å². The molecule has 0 atom stereocenters. The highest BCUT2D eigenvalue weighted by Gasteiger charge is 2.19. The van der Waals surface area contributed by atoms with Crippen molar-refractivity contribution >= 4 is 11.6 Å². The molecular formula is C15H20O3. The van der Waals surface area contributed by atoms with E-state index in [1.807, 2.05) is 25.1 Å². The van der Waals surface area contributed by atoms with Crippen molar-refractivity contribution in [2.75, 3.05) is 7.11 Å². The van der Waals surface area contributed by atoms with Crippen LogP contribution in [-0.2, 0) is 22.4 Å². The van der Waals surface area contributed by atoms with Gasteiger partial charge in [-0.25, -0.2) is 0 Å². The molecule has 0 aliphatic rings. The monoisotopic (exact) mass is 248 g/mol. The standard InChI is InChI=1S/C15H20O3/c1-5-11-6-7-14(18-4)12(8-11)9-13(16)15(17)10(2)3/h6-8,10H,5,9H2,1-4H3. The second kappa shape index (κ2) is 6.34. The number of aryl methyl sites for hydroxylation is 1. The fraction of sp³-hybridized carbons (Fsp3) is 0.467. The molecule has 0 radical (unpaired) electrons. The third-order valence-corrected chi connectivity index (χ3v) is 2.90. The topological polar surface area (TPSA) is 43.4 Å². The lowest BCUT2D eigenvalue weighted by Gasteiger charge is -2.10. The summed E-state index contributed by atoms with van der Waals surface area (Å²) in [4.78, 5) is 23.4. The molecule has 0 aliphatic carbocycles. The Morgan fingerprint density at radius 3 is 2.44 bits per heavy atom. The molecule has 0 N–H and O–H groups in total. The summed E-state index contributed by atoms with van der Waals surface area (Å²) in [6.07, 6.45) is 1.01. The van der Waals surface area contributed by atoms with Gasteiger partial charge in [-0.3, -0.25) is 9.59 Å². The minimum Gasteiger partial charge on any atom is -0.496 e. The summed E-state index contributed by atoms with van der Waals surface area (Å²) in [7, 11) is 1.57. The molecule has 0 spiro atoms. The molecule has 1 aromatic carbocycles. The minimum atomic E-state index is -0.350. The van der Waals surface area contributed by atoms with Gasteiger partial charge in [-0.05, 0) is 18.1 Å². The van der Waals surface area contributed by atoms with Gasteiger partial charge in [-0.15, -0.1) is 0 Å². The SMILES string of the molecule is CCc1ccc(OC)c(CC(=O)C(=O)C(C)C)c1. The average molecular weight is 248 g/mol. The number of methoxy groups -OCH3 is 1. The van der Waals surface area contributed by atoms with Crippen LogP contribution < -0.4 is 4.74 Å². The van der Waals surface area contributed by atoms with Gasteiger partial charge in [-0.1, -0.05) is 32.9 Å². The van der Waals surface area contributed by atoms with E-state index in [1.54, 1.807) is 21.0 Å². The van der Waals surface area contributed by atoms with Crippen LogP contribution in [0, 0.1) is 5.92 Å². The molecule has 0 saturated carbocycles. The molecule has 0 unspecified atom stereocenters. The summed E-state index contributed by atoms with van der Waals surface area (Å²) >= 11 is 0. The quantitative estimate of drug-likeness (QED) is 0.727. The van der Waals surface area contributed by atoms with E-state index in [4.69, 9.17) is 4.74 Å². The van der Waals surface area contributed by atoms with E-state index in [9.17, 15) is 9.59 Å². The first-order chi connectivity index (χ1) is 8.49. The second-order valence-corrected chi connectivity index (χ2v) is 4.62. The smallest absolute Gasteiger partial charge is 0.203 e.